The Morgan fingerprint density at radius 2 is 1.67 bits per heavy atom. The number of carbonyl (C=O) groups is 2. The molecule has 0 saturated carbocycles. The first kappa shape index (κ1) is 23.7. The fourth-order valence-electron chi connectivity index (χ4n) is 3.04. The Labute approximate surface area is 187 Å². The number of aromatic nitrogens is 2. The van der Waals surface area contributed by atoms with E-state index in [2.05, 4.69) is 15.7 Å². The van der Waals surface area contributed by atoms with E-state index >= 15 is 0 Å². The second-order valence-electron chi connectivity index (χ2n) is 7.24. The molecule has 1 heterocycles. The molecule has 2 N–H and O–H groups in total. The highest BCUT2D eigenvalue weighted by Gasteiger charge is 2.33. The van der Waals surface area contributed by atoms with Crippen molar-refractivity contribution >= 4 is 23.2 Å². The maximum absolute atomic E-state index is 13.1. The van der Waals surface area contributed by atoms with Crippen molar-refractivity contribution in [1.82, 2.24) is 9.78 Å². The second kappa shape index (κ2) is 9.68. The van der Waals surface area contributed by atoms with Gasteiger partial charge in [-0.15, -0.1) is 0 Å². The second-order valence-corrected chi connectivity index (χ2v) is 7.24. The van der Waals surface area contributed by atoms with Crippen LogP contribution in [0.25, 0.3) is 11.3 Å². The molecule has 10 heteroatoms. The molecule has 172 valence electrons. The van der Waals surface area contributed by atoms with Crippen LogP contribution in [-0.2, 0) is 22.3 Å². The number of aryl methyl sites for hydroxylation is 1. The summed E-state index contributed by atoms with van der Waals surface area (Å²) >= 11 is 0. The van der Waals surface area contributed by atoms with Gasteiger partial charge in [-0.3, -0.25) is 14.4 Å². The Bertz CT molecular complexity index is 1250. The summed E-state index contributed by atoms with van der Waals surface area (Å²) in [6, 6.07) is 12.5. The average molecular weight is 458 g/mol. The number of amides is 2. The first-order chi connectivity index (χ1) is 15.6. The Morgan fingerprint density at radius 1 is 0.970 bits per heavy atom. The van der Waals surface area contributed by atoms with Crippen molar-refractivity contribution in [2.45, 2.75) is 33.0 Å². The Hall–Kier alpha value is -3.95. The topological polar surface area (TPSA) is 93.1 Å². The van der Waals surface area contributed by atoms with Crippen LogP contribution < -0.4 is 16.2 Å². The molecule has 0 atom stereocenters. The van der Waals surface area contributed by atoms with Crippen LogP contribution in [0, 0.1) is 6.92 Å². The van der Waals surface area contributed by atoms with E-state index in [1.54, 1.807) is 25.1 Å². The summed E-state index contributed by atoms with van der Waals surface area (Å²) in [5, 5.41) is 9.15. The van der Waals surface area contributed by atoms with Gasteiger partial charge < -0.3 is 10.6 Å². The van der Waals surface area contributed by atoms with Gasteiger partial charge in [0.15, 0.2) is 0 Å². The zero-order valence-corrected chi connectivity index (χ0v) is 17.9. The first-order valence-corrected chi connectivity index (χ1v) is 10.0. The predicted octanol–water partition coefficient (Wildman–Crippen LogP) is 4.22. The van der Waals surface area contributed by atoms with E-state index < -0.39 is 35.4 Å². The van der Waals surface area contributed by atoms with E-state index in [4.69, 9.17) is 0 Å². The quantitative estimate of drug-likeness (QED) is 0.578. The molecular formula is C23H21F3N4O3. The van der Waals surface area contributed by atoms with Crippen molar-refractivity contribution in [2.24, 2.45) is 0 Å². The van der Waals surface area contributed by atoms with E-state index in [0.29, 0.717) is 23.4 Å². The molecular weight excluding hydrogens is 437 g/mol. The summed E-state index contributed by atoms with van der Waals surface area (Å²) in [6.07, 6.45) is -4.34. The van der Waals surface area contributed by atoms with Gasteiger partial charge in [0.25, 0.3) is 5.56 Å². The number of rotatable bonds is 6. The van der Waals surface area contributed by atoms with Crippen LogP contribution in [-0.4, -0.2) is 21.6 Å². The highest BCUT2D eigenvalue weighted by atomic mass is 19.4. The lowest BCUT2D eigenvalue weighted by Crippen LogP contribution is -2.29. The van der Waals surface area contributed by atoms with E-state index in [0.717, 1.165) is 22.4 Å². The van der Waals surface area contributed by atoms with Gasteiger partial charge in [-0.05, 0) is 36.8 Å². The zero-order valence-electron chi connectivity index (χ0n) is 17.9. The maximum Gasteiger partial charge on any atom is 0.418 e. The lowest BCUT2D eigenvalue weighted by Gasteiger charge is -2.14. The molecule has 0 radical (unpaired) electrons. The molecule has 3 aromatic rings. The van der Waals surface area contributed by atoms with E-state index in [1.807, 2.05) is 6.92 Å². The molecule has 0 aliphatic carbocycles. The number of anilines is 2. The van der Waals surface area contributed by atoms with E-state index in [-0.39, 0.29) is 5.91 Å². The third-order valence-electron chi connectivity index (χ3n) is 4.80. The minimum atomic E-state index is -4.64. The molecule has 2 amide bonds. The van der Waals surface area contributed by atoms with Gasteiger partial charge in [0.2, 0.25) is 11.8 Å². The van der Waals surface area contributed by atoms with Gasteiger partial charge in [0, 0.05) is 23.7 Å². The lowest BCUT2D eigenvalue weighted by atomic mass is 10.1. The number of alkyl halides is 3. The van der Waals surface area contributed by atoms with Crippen molar-refractivity contribution < 1.29 is 22.8 Å². The SMILES string of the molecule is CCC(=O)Nc1cc(-c2ccc(=O)n(CC(=O)Nc3ccccc3C(F)(F)F)n2)ccc1C. The Kier molecular flexibility index (Phi) is 6.95. The van der Waals surface area contributed by atoms with Gasteiger partial charge in [0.05, 0.1) is 16.9 Å². The Balaban J connectivity index is 1.85. The minimum absolute atomic E-state index is 0.163. The molecule has 0 aliphatic rings. The van der Waals surface area contributed by atoms with E-state index in [1.165, 1.54) is 24.3 Å². The fraction of sp³-hybridized carbons (Fsp3) is 0.217. The van der Waals surface area contributed by atoms with Crippen molar-refractivity contribution in [3.63, 3.8) is 0 Å². The summed E-state index contributed by atoms with van der Waals surface area (Å²) in [6.45, 7) is 2.97. The monoisotopic (exact) mass is 458 g/mol. The highest BCUT2D eigenvalue weighted by molar-refractivity contribution is 5.92. The van der Waals surface area contributed by atoms with E-state index in [9.17, 15) is 27.6 Å². The molecule has 3 rings (SSSR count). The van der Waals surface area contributed by atoms with Crippen LogP contribution in [0.5, 0.6) is 0 Å². The number of halogens is 3. The minimum Gasteiger partial charge on any atom is -0.326 e. The third-order valence-corrected chi connectivity index (χ3v) is 4.80. The van der Waals surface area contributed by atoms with Crippen LogP contribution >= 0.6 is 0 Å². The lowest BCUT2D eigenvalue weighted by molar-refractivity contribution is -0.137. The molecule has 0 bridgehead atoms. The summed E-state index contributed by atoms with van der Waals surface area (Å²) in [5.41, 5.74) is 0.359. The smallest absolute Gasteiger partial charge is 0.326 e. The van der Waals surface area contributed by atoms with Gasteiger partial charge in [-0.1, -0.05) is 31.2 Å². The van der Waals surface area contributed by atoms with Gasteiger partial charge in [-0.25, -0.2) is 4.68 Å². The molecule has 0 aliphatic heterocycles. The number of hydrogen-bond acceptors (Lipinski definition) is 4. The summed E-state index contributed by atoms with van der Waals surface area (Å²) in [7, 11) is 0. The van der Waals surface area contributed by atoms with Crippen LogP contribution in [0.3, 0.4) is 0 Å². The molecule has 0 unspecified atom stereocenters. The van der Waals surface area contributed by atoms with Gasteiger partial charge >= 0.3 is 6.18 Å². The summed E-state index contributed by atoms with van der Waals surface area (Å²) in [5.74, 6) is -0.998. The van der Waals surface area contributed by atoms with Crippen LogP contribution in [0.15, 0.2) is 59.4 Å². The van der Waals surface area contributed by atoms with Crippen molar-refractivity contribution in [1.29, 1.82) is 0 Å². The largest absolute Gasteiger partial charge is 0.418 e. The maximum atomic E-state index is 13.1. The molecule has 1 aromatic heterocycles. The van der Waals surface area contributed by atoms with Crippen LogP contribution in [0.2, 0.25) is 0 Å². The van der Waals surface area contributed by atoms with Crippen LogP contribution in [0.1, 0.15) is 24.5 Å². The average Bonchev–Trinajstić information content (AvgIpc) is 2.76. The number of nitrogens with one attached hydrogen (secondary N) is 2. The predicted molar refractivity (Wildman–Crippen MR) is 118 cm³/mol. The molecule has 0 fully saturated rings. The van der Waals surface area contributed by atoms with Crippen molar-refractivity contribution in [3.05, 3.63) is 76.1 Å². The number of para-hydroxylation sites is 1. The third kappa shape index (κ3) is 5.85. The molecule has 7 nitrogen and oxygen atoms in total. The zero-order chi connectivity index (χ0) is 24.2. The van der Waals surface area contributed by atoms with Crippen molar-refractivity contribution in [3.8, 4) is 11.3 Å². The molecule has 0 spiro atoms. The number of carbonyl (C=O) groups excluding carboxylic acids is 2. The fourth-order valence-corrected chi connectivity index (χ4v) is 3.04. The Morgan fingerprint density at radius 3 is 2.36 bits per heavy atom. The standard InChI is InChI=1S/C23H21F3N4O3/c1-3-20(31)28-19-12-15(9-8-14(19)2)17-10-11-22(33)30(29-17)13-21(32)27-18-7-5-4-6-16(18)23(24,25)26/h4-12H,3,13H2,1-2H3,(H,27,32)(H,28,31). The molecule has 2 aromatic carbocycles. The van der Waals surface area contributed by atoms with Crippen molar-refractivity contribution in [2.75, 3.05) is 10.6 Å². The summed E-state index contributed by atoms with van der Waals surface area (Å²) < 4.78 is 40.3. The van der Waals surface area contributed by atoms with Crippen LogP contribution in [0.4, 0.5) is 24.5 Å². The molecule has 0 saturated heterocycles. The number of benzene rings is 2. The normalized spacial score (nSPS) is 11.2. The van der Waals surface area contributed by atoms with Gasteiger partial charge in [0.1, 0.15) is 6.54 Å². The number of nitrogens with zero attached hydrogens (tertiary/aromatic N) is 2. The highest BCUT2D eigenvalue weighted by Crippen LogP contribution is 2.34. The summed E-state index contributed by atoms with van der Waals surface area (Å²) in [4.78, 5) is 36.3. The number of hydrogen-bond donors (Lipinski definition) is 2. The first-order valence-electron chi connectivity index (χ1n) is 10.0. The van der Waals surface area contributed by atoms with Gasteiger partial charge in [-0.2, -0.15) is 18.3 Å². The molecule has 33 heavy (non-hydrogen) atoms.